The van der Waals surface area contributed by atoms with Gasteiger partial charge < -0.3 is 9.26 Å². The van der Waals surface area contributed by atoms with Crippen LogP contribution >= 0.6 is 0 Å². The summed E-state index contributed by atoms with van der Waals surface area (Å²) in [5.41, 5.74) is 1.72. The molecule has 0 atom stereocenters. The van der Waals surface area contributed by atoms with Gasteiger partial charge in [0.05, 0.1) is 17.8 Å². The van der Waals surface area contributed by atoms with Crippen LogP contribution in [-0.2, 0) is 26.0 Å². The first kappa shape index (κ1) is 18.1. The largest absolute Gasteiger partial charge is 0.464 e. The molecule has 2 heterocycles. The number of hydrogen-bond acceptors (Lipinski definition) is 7. The van der Waals surface area contributed by atoms with Crippen LogP contribution in [0.25, 0.3) is 0 Å². The summed E-state index contributed by atoms with van der Waals surface area (Å²) < 4.78 is 35.6. The molecule has 0 saturated heterocycles. The molecule has 138 valence electrons. The molecule has 26 heavy (non-hydrogen) atoms. The lowest BCUT2D eigenvalue weighted by atomic mass is 10.1. The molecular formula is C17H18N2O6S. The third kappa shape index (κ3) is 3.22. The van der Waals surface area contributed by atoms with Crippen LogP contribution in [0.15, 0.2) is 33.7 Å². The van der Waals surface area contributed by atoms with E-state index in [-0.39, 0.29) is 30.0 Å². The van der Waals surface area contributed by atoms with E-state index in [0.717, 1.165) is 15.6 Å². The summed E-state index contributed by atoms with van der Waals surface area (Å²) in [6, 6.07) is 6.01. The molecule has 0 aliphatic carbocycles. The third-order valence-corrected chi connectivity index (χ3v) is 6.07. The highest BCUT2D eigenvalue weighted by Crippen LogP contribution is 2.29. The summed E-state index contributed by atoms with van der Waals surface area (Å²) in [5, 5.41) is 3.81. The van der Waals surface area contributed by atoms with Gasteiger partial charge in [0.2, 0.25) is 0 Å². The van der Waals surface area contributed by atoms with Crippen molar-refractivity contribution in [2.75, 3.05) is 13.2 Å². The van der Waals surface area contributed by atoms with E-state index in [9.17, 15) is 18.0 Å². The molecule has 3 rings (SSSR count). The number of rotatable bonds is 6. The first-order valence-electron chi connectivity index (χ1n) is 8.06. The average Bonchev–Trinajstić information content (AvgIpc) is 3.02. The van der Waals surface area contributed by atoms with Gasteiger partial charge in [-0.1, -0.05) is 17.3 Å². The van der Waals surface area contributed by atoms with Crippen molar-refractivity contribution >= 4 is 21.9 Å². The summed E-state index contributed by atoms with van der Waals surface area (Å²) in [7, 11) is -3.88. The second kappa shape index (κ2) is 6.91. The predicted octanol–water partition coefficient (Wildman–Crippen LogP) is 1.61. The zero-order chi connectivity index (χ0) is 18.9. The zero-order valence-corrected chi connectivity index (χ0v) is 15.2. The highest BCUT2D eigenvalue weighted by molar-refractivity contribution is 7.90. The van der Waals surface area contributed by atoms with Crippen LogP contribution in [0.2, 0.25) is 0 Å². The van der Waals surface area contributed by atoms with Gasteiger partial charge in [-0.15, -0.1) is 0 Å². The Hall–Kier alpha value is -2.68. The summed E-state index contributed by atoms with van der Waals surface area (Å²) in [4.78, 5) is 24.1. The van der Waals surface area contributed by atoms with Crippen LogP contribution in [0.5, 0.6) is 0 Å². The van der Waals surface area contributed by atoms with Crippen molar-refractivity contribution in [2.45, 2.75) is 31.6 Å². The average molecular weight is 378 g/mol. The van der Waals surface area contributed by atoms with Gasteiger partial charge in [0.15, 0.2) is 0 Å². The Kier molecular flexibility index (Phi) is 4.82. The van der Waals surface area contributed by atoms with Crippen molar-refractivity contribution in [1.82, 2.24) is 9.46 Å². The van der Waals surface area contributed by atoms with E-state index in [4.69, 9.17) is 9.26 Å². The Labute approximate surface area is 150 Å². The number of carbonyl (C=O) groups excluding carboxylic acids is 2. The number of aromatic nitrogens is 1. The maximum atomic E-state index is 12.4. The molecule has 0 bridgehead atoms. The SMILES string of the molecule is Cc1noc(C)c1CCC(=O)OCCN1C(=O)c2ccccc2S1(=O)=O. The Morgan fingerprint density at radius 3 is 2.65 bits per heavy atom. The third-order valence-electron chi connectivity index (χ3n) is 4.23. The van der Waals surface area contributed by atoms with Crippen molar-refractivity contribution in [3.63, 3.8) is 0 Å². The number of hydrogen-bond donors (Lipinski definition) is 0. The minimum absolute atomic E-state index is 0.0188. The van der Waals surface area contributed by atoms with Gasteiger partial charge in [0, 0.05) is 12.0 Å². The number of amides is 1. The quantitative estimate of drug-likeness (QED) is 0.703. The van der Waals surface area contributed by atoms with Crippen molar-refractivity contribution in [2.24, 2.45) is 0 Å². The molecule has 0 saturated carbocycles. The Morgan fingerprint density at radius 2 is 2.00 bits per heavy atom. The molecule has 1 aromatic heterocycles. The fourth-order valence-corrected chi connectivity index (χ4v) is 4.41. The van der Waals surface area contributed by atoms with E-state index < -0.39 is 21.9 Å². The standard InChI is InChI=1S/C17H18N2O6S/c1-11-13(12(2)25-18-11)7-8-16(20)24-10-9-19-17(21)14-5-3-4-6-15(14)26(19,22)23/h3-6H,7-10H2,1-2H3. The van der Waals surface area contributed by atoms with Crippen molar-refractivity contribution < 1.29 is 27.3 Å². The molecule has 0 N–H and O–H groups in total. The second-order valence-corrected chi connectivity index (χ2v) is 7.73. The first-order valence-corrected chi connectivity index (χ1v) is 9.50. The Bertz CT molecular complexity index is 944. The molecule has 0 unspecified atom stereocenters. The molecule has 0 radical (unpaired) electrons. The summed E-state index contributed by atoms with van der Waals surface area (Å²) >= 11 is 0. The minimum atomic E-state index is -3.88. The van der Waals surface area contributed by atoms with E-state index in [2.05, 4.69) is 5.16 Å². The topological polar surface area (TPSA) is 107 Å². The lowest BCUT2D eigenvalue weighted by Crippen LogP contribution is -2.33. The van der Waals surface area contributed by atoms with Gasteiger partial charge in [-0.2, -0.15) is 0 Å². The fourth-order valence-electron chi connectivity index (χ4n) is 2.85. The lowest BCUT2D eigenvalue weighted by Gasteiger charge is -2.15. The molecular weight excluding hydrogens is 360 g/mol. The monoisotopic (exact) mass is 378 g/mol. The van der Waals surface area contributed by atoms with E-state index >= 15 is 0 Å². The molecule has 0 spiro atoms. The minimum Gasteiger partial charge on any atom is -0.464 e. The van der Waals surface area contributed by atoms with Crippen LogP contribution in [0.1, 0.15) is 33.8 Å². The van der Waals surface area contributed by atoms with Gasteiger partial charge in [-0.3, -0.25) is 9.59 Å². The van der Waals surface area contributed by atoms with Gasteiger partial charge in [-0.05, 0) is 32.4 Å². The van der Waals surface area contributed by atoms with Gasteiger partial charge >= 0.3 is 5.97 Å². The number of fused-ring (bicyclic) bond motifs is 1. The zero-order valence-electron chi connectivity index (χ0n) is 14.4. The molecule has 1 aliphatic heterocycles. The summed E-state index contributed by atoms with van der Waals surface area (Å²) in [6.07, 6.45) is 0.538. The van der Waals surface area contributed by atoms with Crippen molar-refractivity contribution in [3.8, 4) is 0 Å². The van der Waals surface area contributed by atoms with Gasteiger partial charge in [0.1, 0.15) is 17.3 Å². The van der Waals surface area contributed by atoms with Gasteiger partial charge in [-0.25, -0.2) is 12.7 Å². The second-order valence-electron chi connectivity index (χ2n) is 5.90. The highest BCUT2D eigenvalue weighted by atomic mass is 32.2. The number of benzene rings is 1. The molecule has 2 aromatic rings. The number of sulfonamides is 1. The maximum Gasteiger partial charge on any atom is 0.306 e. The summed E-state index contributed by atoms with van der Waals surface area (Å²) in [5.74, 6) is -0.430. The van der Waals surface area contributed by atoms with Crippen LogP contribution in [0.3, 0.4) is 0 Å². The normalized spacial score (nSPS) is 15.2. The number of ether oxygens (including phenoxy) is 1. The van der Waals surface area contributed by atoms with Crippen molar-refractivity contribution in [3.05, 3.63) is 46.8 Å². The van der Waals surface area contributed by atoms with Crippen LogP contribution < -0.4 is 0 Å². The number of nitrogens with zero attached hydrogens (tertiary/aromatic N) is 2. The van der Waals surface area contributed by atoms with Crippen molar-refractivity contribution in [1.29, 1.82) is 0 Å². The Balaban J connectivity index is 1.54. The van der Waals surface area contributed by atoms with Crippen LogP contribution in [0, 0.1) is 13.8 Å². The number of aryl methyl sites for hydroxylation is 2. The highest BCUT2D eigenvalue weighted by Gasteiger charge is 2.40. The predicted molar refractivity (Wildman–Crippen MR) is 89.9 cm³/mol. The van der Waals surface area contributed by atoms with Crippen LogP contribution in [-0.4, -0.2) is 42.9 Å². The smallest absolute Gasteiger partial charge is 0.306 e. The lowest BCUT2D eigenvalue weighted by molar-refractivity contribution is -0.143. The maximum absolute atomic E-state index is 12.4. The fraction of sp³-hybridized carbons (Fsp3) is 0.353. The number of carbonyl (C=O) groups is 2. The van der Waals surface area contributed by atoms with Crippen LogP contribution in [0.4, 0.5) is 0 Å². The van der Waals surface area contributed by atoms with E-state index in [1.54, 1.807) is 26.0 Å². The van der Waals surface area contributed by atoms with E-state index in [1.807, 2.05) is 0 Å². The molecule has 0 fully saturated rings. The molecule has 1 aliphatic rings. The Morgan fingerprint density at radius 1 is 1.27 bits per heavy atom. The number of esters is 1. The molecule has 1 amide bonds. The van der Waals surface area contributed by atoms with E-state index in [1.165, 1.54) is 12.1 Å². The molecule has 8 nitrogen and oxygen atoms in total. The molecule has 9 heteroatoms. The van der Waals surface area contributed by atoms with E-state index in [0.29, 0.717) is 12.2 Å². The van der Waals surface area contributed by atoms with Gasteiger partial charge in [0.25, 0.3) is 15.9 Å². The first-order chi connectivity index (χ1) is 12.3. The summed E-state index contributed by atoms with van der Waals surface area (Å²) in [6.45, 7) is 3.15. The molecule has 1 aromatic carbocycles.